The summed E-state index contributed by atoms with van der Waals surface area (Å²) in [5.74, 6) is -0.444. The molecule has 3 unspecified atom stereocenters. The third kappa shape index (κ3) is 7.03. The van der Waals surface area contributed by atoms with E-state index in [-0.39, 0.29) is 29.2 Å². The Morgan fingerprint density at radius 1 is 1.05 bits per heavy atom. The summed E-state index contributed by atoms with van der Waals surface area (Å²) in [6.45, 7) is 9.41. The Morgan fingerprint density at radius 2 is 1.69 bits per heavy atom. The van der Waals surface area contributed by atoms with Crippen molar-refractivity contribution in [2.45, 2.75) is 76.8 Å². The highest BCUT2D eigenvalue weighted by Gasteiger charge is 2.50. The van der Waals surface area contributed by atoms with E-state index in [1.54, 1.807) is 20.8 Å². The van der Waals surface area contributed by atoms with Gasteiger partial charge >= 0.3 is 6.09 Å². The number of anilines is 1. The van der Waals surface area contributed by atoms with Crippen LogP contribution in [0.25, 0.3) is 0 Å². The number of nitrogens with one attached hydrogen (secondary N) is 1. The van der Waals surface area contributed by atoms with Crippen molar-refractivity contribution in [3.8, 4) is 0 Å². The number of carbonyl (C=O) groups is 2. The highest BCUT2D eigenvalue weighted by Crippen LogP contribution is 2.43. The molecule has 2 aliphatic rings. The first-order valence-electron chi connectivity index (χ1n) is 13.3. The molecule has 0 saturated carbocycles. The minimum atomic E-state index is -3.20. The van der Waals surface area contributed by atoms with Gasteiger partial charge in [0.05, 0.1) is 17.5 Å². The second-order valence-electron chi connectivity index (χ2n) is 10.9. The van der Waals surface area contributed by atoms with Gasteiger partial charge in [0.15, 0.2) is 15.0 Å². The molecule has 0 aromatic heterocycles. The number of amides is 2. The van der Waals surface area contributed by atoms with Gasteiger partial charge in [0, 0.05) is 17.4 Å². The maximum Gasteiger partial charge on any atom is 0.408 e. The predicted octanol–water partition coefficient (Wildman–Crippen LogP) is 4.55. The van der Waals surface area contributed by atoms with Crippen LogP contribution in [0.4, 0.5) is 10.5 Å². The lowest BCUT2D eigenvalue weighted by Gasteiger charge is -2.29. The van der Waals surface area contributed by atoms with Crippen molar-refractivity contribution >= 4 is 44.5 Å². The van der Waals surface area contributed by atoms with Crippen LogP contribution in [0, 0.1) is 0 Å². The minimum absolute atomic E-state index is 0.0166. The van der Waals surface area contributed by atoms with Crippen LogP contribution in [0.15, 0.2) is 53.5 Å². The van der Waals surface area contributed by atoms with Crippen LogP contribution in [0.2, 0.25) is 0 Å². The van der Waals surface area contributed by atoms with Crippen LogP contribution >= 0.6 is 11.8 Å². The molecule has 2 aromatic rings. The van der Waals surface area contributed by atoms with Crippen molar-refractivity contribution in [1.82, 2.24) is 5.32 Å². The summed E-state index contributed by atoms with van der Waals surface area (Å²) in [5, 5.41) is 2.97. The van der Waals surface area contributed by atoms with E-state index in [0.29, 0.717) is 5.17 Å². The number of hydrogen-bond acceptors (Lipinski definition) is 6. The van der Waals surface area contributed by atoms with Gasteiger partial charge in [-0.25, -0.2) is 13.2 Å². The summed E-state index contributed by atoms with van der Waals surface area (Å²) in [7, 11) is -3.20. The quantitative estimate of drug-likeness (QED) is 0.520. The number of rotatable bonds is 7. The SMILES string of the molecule is CCc1cccc(CC)c1N1C(=NC(=O)C(Cc2ccccc2)NC(=O)OC(C)(C)C)SC2CS(=O)(=O)CC21. The fourth-order valence-corrected chi connectivity index (χ4v) is 8.93. The molecule has 2 aromatic carbocycles. The molecule has 10 heteroatoms. The van der Waals surface area contributed by atoms with Crippen molar-refractivity contribution in [1.29, 1.82) is 0 Å². The number of ether oxygens (including phenoxy) is 1. The fraction of sp³-hybridized carbons (Fsp3) is 0.483. The van der Waals surface area contributed by atoms with Crippen LogP contribution < -0.4 is 10.2 Å². The van der Waals surface area contributed by atoms with Gasteiger partial charge < -0.3 is 15.0 Å². The Labute approximate surface area is 235 Å². The van der Waals surface area contributed by atoms with Gasteiger partial charge in [-0.05, 0) is 50.3 Å². The number of fused-ring (bicyclic) bond motifs is 1. The zero-order valence-electron chi connectivity index (χ0n) is 23.1. The van der Waals surface area contributed by atoms with Gasteiger partial charge in [-0.2, -0.15) is 4.99 Å². The van der Waals surface area contributed by atoms with Crippen molar-refractivity contribution in [2.24, 2.45) is 4.99 Å². The Kier molecular flexibility index (Phi) is 8.75. The van der Waals surface area contributed by atoms with Gasteiger partial charge in [-0.1, -0.05) is 74.1 Å². The van der Waals surface area contributed by atoms with E-state index in [1.807, 2.05) is 53.4 Å². The van der Waals surface area contributed by atoms with Crippen molar-refractivity contribution in [3.05, 3.63) is 65.2 Å². The molecule has 0 bridgehead atoms. The number of aliphatic imine (C=N–C) groups is 1. The lowest BCUT2D eigenvalue weighted by molar-refractivity contribution is -0.119. The Bertz CT molecular complexity index is 1330. The molecule has 210 valence electrons. The molecule has 0 radical (unpaired) electrons. The van der Waals surface area contributed by atoms with Crippen molar-refractivity contribution < 1.29 is 22.7 Å². The number of amidine groups is 1. The van der Waals surface area contributed by atoms with Crippen LogP contribution in [0.5, 0.6) is 0 Å². The molecule has 2 amide bonds. The highest BCUT2D eigenvalue weighted by molar-refractivity contribution is 8.16. The summed E-state index contributed by atoms with van der Waals surface area (Å²) in [4.78, 5) is 32.9. The summed E-state index contributed by atoms with van der Waals surface area (Å²) in [6.07, 6.45) is 1.06. The molecule has 2 heterocycles. The van der Waals surface area contributed by atoms with Crippen LogP contribution in [0.1, 0.15) is 51.3 Å². The van der Waals surface area contributed by atoms with Gasteiger partial charge in [-0.3, -0.25) is 4.79 Å². The van der Waals surface area contributed by atoms with Gasteiger partial charge in [-0.15, -0.1) is 0 Å². The van der Waals surface area contributed by atoms with E-state index in [0.717, 1.165) is 35.2 Å². The number of para-hydroxylation sites is 1. The van der Waals surface area contributed by atoms with Gasteiger partial charge in [0.2, 0.25) is 0 Å². The lowest BCUT2D eigenvalue weighted by atomic mass is 10.0. The maximum atomic E-state index is 13.7. The van der Waals surface area contributed by atoms with E-state index in [9.17, 15) is 18.0 Å². The number of hydrogen-bond donors (Lipinski definition) is 1. The Hall–Kier alpha value is -2.85. The number of alkyl carbamates (subject to hydrolysis) is 1. The largest absolute Gasteiger partial charge is 0.444 e. The predicted molar refractivity (Wildman–Crippen MR) is 157 cm³/mol. The van der Waals surface area contributed by atoms with E-state index in [1.165, 1.54) is 11.8 Å². The number of carbonyl (C=O) groups excluding carboxylic acids is 2. The topological polar surface area (TPSA) is 105 Å². The molecule has 2 aliphatic heterocycles. The molecular formula is C29H37N3O5S2. The molecule has 0 aliphatic carbocycles. The van der Waals surface area contributed by atoms with Crippen molar-refractivity contribution in [3.63, 3.8) is 0 Å². The fourth-order valence-electron chi connectivity index (χ4n) is 5.02. The second kappa shape index (κ2) is 11.7. The van der Waals surface area contributed by atoms with Crippen molar-refractivity contribution in [2.75, 3.05) is 16.4 Å². The van der Waals surface area contributed by atoms with Crippen LogP contribution in [-0.4, -0.2) is 60.0 Å². The molecular weight excluding hydrogens is 534 g/mol. The first kappa shape index (κ1) is 29.1. The number of nitrogens with zero attached hydrogens (tertiary/aromatic N) is 2. The Morgan fingerprint density at radius 3 is 2.28 bits per heavy atom. The van der Waals surface area contributed by atoms with Gasteiger partial charge in [0.25, 0.3) is 5.91 Å². The maximum absolute atomic E-state index is 13.7. The van der Waals surface area contributed by atoms with E-state index in [4.69, 9.17) is 4.74 Å². The summed E-state index contributed by atoms with van der Waals surface area (Å²) in [5.41, 5.74) is 3.24. The summed E-state index contributed by atoms with van der Waals surface area (Å²) < 4.78 is 30.6. The zero-order chi connectivity index (χ0) is 28.4. The van der Waals surface area contributed by atoms with E-state index < -0.39 is 33.5 Å². The Balaban J connectivity index is 1.73. The number of aryl methyl sites for hydroxylation is 2. The first-order chi connectivity index (χ1) is 18.4. The number of thioether (sulfide) groups is 1. The molecule has 2 saturated heterocycles. The zero-order valence-corrected chi connectivity index (χ0v) is 24.8. The third-order valence-corrected chi connectivity index (χ3v) is 9.96. The average Bonchev–Trinajstić information content (AvgIpc) is 3.32. The van der Waals surface area contributed by atoms with Crippen LogP contribution in [-0.2, 0) is 38.6 Å². The third-order valence-electron chi connectivity index (χ3n) is 6.75. The first-order valence-corrected chi connectivity index (χ1v) is 16.0. The molecule has 3 atom stereocenters. The number of sulfone groups is 1. The van der Waals surface area contributed by atoms with Crippen LogP contribution in [0.3, 0.4) is 0 Å². The standard InChI is InChI=1S/C29H37N3O5S2/c1-6-20-14-11-15-21(7-2)25(20)32-23-17-39(35,36)18-24(23)38-27(32)31-26(33)22(16-19-12-9-8-10-13-19)30-28(34)37-29(3,4)5/h8-15,22-24H,6-7,16-18H2,1-5H3,(H,30,34). The molecule has 8 nitrogen and oxygen atoms in total. The van der Waals surface area contributed by atoms with Gasteiger partial charge in [0.1, 0.15) is 11.6 Å². The smallest absolute Gasteiger partial charge is 0.408 e. The van der Waals surface area contributed by atoms with E-state index in [2.05, 4.69) is 24.2 Å². The molecule has 1 N–H and O–H groups in total. The molecule has 2 fully saturated rings. The lowest BCUT2D eigenvalue weighted by Crippen LogP contribution is -2.45. The minimum Gasteiger partial charge on any atom is -0.444 e. The summed E-state index contributed by atoms with van der Waals surface area (Å²) >= 11 is 1.34. The monoisotopic (exact) mass is 571 g/mol. The van der Waals surface area contributed by atoms with E-state index >= 15 is 0 Å². The second-order valence-corrected chi connectivity index (χ2v) is 14.3. The molecule has 39 heavy (non-hydrogen) atoms. The highest BCUT2D eigenvalue weighted by atomic mass is 32.2. The summed E-state index contributed by atoms with van der Waals surface area (Å²) in [6, 6.07) is 14.2. The molecule has 4 rings (SSSR count). The normalized spacial score (nSPS) is 22.0. The molecule has 0 spiro atoms. The number of benzene rings is 2. The average molecular weight is 572 g/mol.